The molecule has 0 saturated carbocycles. The van der Waals surface area contributed by atoms with Gasteiger partial charge in [-0.2, -0.15) is 0 Å². The van der Waals surface area contributed by atoms with Gasteiger partial charge in [0.25, 0.3) is 10.2 Å². The van der Waals surface area contributed by atoms with Crippen molar-refractivity contribution in [1.82, 2.24) is 0 Å². The van der Waals surface area contributed by atoms with E-state index in [-0.39, 0.29) is 11.5 Å². The van der Waals surface area contributed by atoms with Gasteiger partial charge >= 0.3 is 0 Å². The second kappa shape index (κ2) is 3.15. The van der Waals surface area contributed by atoms with Crippen LogP contribution >= 0.6 is 25.3 Å². The number of carbonyl (C=O) groups is 2. The summed E-state index contributed by atoms with van der Waals surface area (Å²) in [6.45, 7) is 0. The zero-order valence-corrected chi connectivity index (χ0v) is 7.06. The highest BCUT2D eigenvalue weighted by Gasteiger charge is 2.09. The number of carbonyl (C=O) groups excluding carboxylic acids is 2. The highest BCUT2D eigenvalue weighted by Crippen LogP contribution is 2.11. The van der Waals surface area contributed by atoms with E-state index in [0.29, 0.717) is 0 Å². The van der Waals surface area contributed by atoms with Crippen LogP contribution in [0.3, 0.4) is 0 Å². The van der Waals surface area contributed by atoms with Crippen molar-refractivity contribution in [2.45, 2.75) is 0 Å². The summed E-state index contributed by atoms with van der Waals surface area (Å²) in [4.78, 5) is 21.0. The molecule has 58 valence electrons. The van der Waals surface area contributed by atoms with Gasteiger partial charge < -0.3 is 4.42 Å². The van der Waals surface area contributed by atoms with Crippen molar-refractivity contribution in [1.29, 1.82) is 0 Å². The van der Waals surface area contributed by atoms with Crippen LogP contribution in [0.15, 0.2) is 16.5 Å². The van der Waals surface area contributed by atoms with Gasteiger partial charge in [-0.1, -0.05) is 25.3 Å². The number of thiol groups is 2. The molecule has 0 aliphatic rings. The molecule has 1 rings (SSSR count). The lowest BCUT2D eigenvalue weighted by Gasteiger charge is -1.85. The maximum Gasteiger partial charge on any atom is 0.251 e. The standard InChI is InChI=1S/C6H4O3S2/c7-5(10)3-1-2-4(9-3)6(8)11/h1-2H,(H,7,10)(H,8,11). The van der Waals surface area contributed by atoms with Crippen molar-refractivity contribution in [2.75, 3.05) is 0 Å². The van der Waals surface area contributed by atoms with Crippen LogP contribution in [0, 0.1) is 0 Å². The average molecular weight is 188 g/mol. The average Bonchev–Trinajstić information content (AvgIpc) is 2.33. The zero-order chi connectivity index (χ0) is 8.43. The van der Waals surface area contributed by atoms with Crippen LogP contribution < -0.4 is 0 Å². The Morgan fingerprint density at radius 2 is 1.45 bits per heavy atom. The Balaban J connectivity index is 2.99. The van der Waals surface area contributed by atoms with Crippen LogP contribution in [0.4, 0.5) is 0 Å². The molecule has 3 nitrogen and oxygen atoms in total. The summed E-state index contributed by atoms with van der Waals surface area (Å²) in [5, 5.41) is -1.02. The summed E-state index contributed by atoms with van der Waals surface area (Å²) in [5.41, 5.74) is 0. The first kappa shape index (κ1) is 8.42. The maximum atomic E-state index is 10.5. The highest BCUT2D eigenvalue weighted by atomic mass is 32.1. The first-order chi connectivity index (χ1) is 5.11. The van der Waals surface area contributed by atoms with Gasteiger partial charge in [-0.15, -0.1) is 0 Å². The number of rotatable bonds is 2. The SMILES string of the molecule is O=C(S)c1ccc(C(=O)S)o1. The van der Waals surface area contributed by atoms with Crippen molar-refractivity contribution >= 4 is 35.5 Å². The van der Waals surface area contributed by atoms with Gasteiger partial charge in [0.2, 0.25) is 0 Å². The number of furan rings is 1. The fraction of sp³-hybridized carbons (Fsp3) is 0. The van der Waals surface area contributed by atoms with Crippen LogP contribution in [0.5, 0.6) is 0 Å². The van der Waals surface area contributed by atoms with Crippen LogP contribution in [-0.4, -0.2) is 10.2 Å². The van der Waals surface area contributed by atoms with Gasteiger partial charge in [0, 0.05) is 0 Å². The monoisotopic (exact) mass is 188 g/mol. The summed E-state index contributed by atoms with van der Waals surface area (Å²) in [6, 6.07) is 2.75. The Hall–Kier alpha value is -0.680. The van der Waals surface area contributed by atoms with E-state index in [1.807, 2.05) is 0 Å². The molecule has 11 heavy (non-hydrogen) atoms. The van der Waals surface area contributed by atoms with Crippen molar-refractivity contribution < 1.29 is 14.0 Å². The second-order valence-corrected chi connectivity index (χ2v) is 2.59. The third-order valence-corrected chi connectivity index (χ3v) is 1.47. The van der Waals surface area contributed by atoms with Crippen LogP contribution in [0.2, 0.25) is 0 Å². The fourth-order valence-electron chi connectivity index (χ4n) is 0.568. The lowest BCUT2D eigenvalue weighted by molar-refractivity contribution is 0.104. The van der Waals surface area contributed by atoms with Gasteiger partial charge in [-0.05, 0) is 12.1 Å². The highest BCUT2D eigenvalue weighted by molar-refractivity contribution is 7.97. The fourth-order valence-corrected chi connectivity index (χ4v) is 0.808. The van der Waals surface area contributed by atoms with E-state index in [9.17, 15) is 9.59 Å². The molecule has 0 saturated heterocycles. The summed E-state index contributed by atoms with van der Waals surface area (Å²) in [5.74, 6) is 0.0940. The molecule has 0 amide bonds. The Kier molecular flexibility index (Phi) is 2.41. The maximum absolute atomic E-state index is 10.5. The zero-order valence-electron chi connectivity index (χ0n) is 5.27. The molecular weight excluding hydrogens is 184 g/mol. The van der Waals surface area contributed by atoms with E-state index in [4.69, 9.17) is 4.42 Å². The predicted molar refractivity (Wildman–Crippen MR) is 45.3 cm³/mol. The predicted octanol–water partition coefficient (Wildman–Crippen LogP) is 1.42. The molecule has 0 unspecified atom stereocenters. The number of hydrogen-bond acceptors (Lipinski definition) is 3. The minimum absolute atomic E-state index is 0.0470. The Labute approximate surface area is 73.6 Å². The van der Waals surface area contributed by atoms with Gasteiger partial charge in [-0.25, -0.2) is 0 Å². The smallest absolute Gasteiger partial charge is 0.251 e. The molecule has 0 aliphatic carbocycles. The Bertz CT molecular complexity index is 274. The Morgan fingerprint density at radius 1 is 1.09 bits per heavy atom. The first-order valence-electron chi connectivity index (χ1n) is 2.67. The molecule has 0 spiro atoms. The topological polar surface area (TPSA) is 47.3 Å². The van der Waals surface area contributed by atoms with E-state index in [0.717, 1.165) is 0 Å². The lowest BCUT2D eigenvalue weighted by atomic mass is 10.4. The van der Waals surface area contributed by atoms with Gasteiger partial charge in [-0.3, -0.25) is 9.59 Å². The third kappa shape index (κ3) is 1.87. The summed E-state index contributed by atoms with van der Waals surface area (Å²) in [6.07, 6.45) is 0. The molecule has 1 aromatic rings. The number of hydrogen-bond donors (Lipinski definition) is 2. The third-order valence-electron chi connectivity index (χ3n) is 1.03. The summed E-state index contributed by atoms with van der Waals surface area (Å²) < 4.78 is 4.75. The van der Waals surface area contributed by atoms with Crippen LogP contribution in [0.1, 0.15) is 21.1 Å². The van der Waals surface area contributed by atoms with Gasteiger partial charge in [0.1, 0.15) is 0 Å². The molecule has 0 N–H and O–H groups in total. The van der Waals surface area contributed by atoms with Crippen molar-refractivity contribution in [3.05, 3.63) is 23.7 Å². The molecule has 1 aromatic heterocycles. The van der Waals surface area contributed by atoms with Crippen molar-refractivity contribution in [3.63, 3.8) is 0 Å². The normalized spacial score (nSPS) is 9.64. The quantitative estimate of drug-likeness (QED) is 0.690. The van der Waals surface area contributed by atoms with E-state index in [1.54, 1.807) is 0 Å². The molecule has 5 heteroatoms. The molecule has 0 radical (unpaired) electrons. The van der Waals surface area contributed by atoms with Gasteiger partial charge in [0.15, 0.2) is 11.5 Å². The minimum Gasteiger partial charge on any atom is -0.448 e. The van der Waals surface area contributed by atoms with Crippen LogP contribution in [0.25, 0.3) is 0 Å². The first-order valence-corrected chi connectivity index (χ1v) is 3.57. The summed E-state index contributed by atoms with van der Waals surface area (Å²) in [7, 11) is 0. The second-order valence-electron chi connectivity index (χ2n) is 1.77. The molecule has 0 fully saturated rings. The van der Waals surface area contributed by atoms with Gasteiger partial charge in [0.05, 0.1) is 0 Å². The van der Waals surface area contributed by atoms with Crippen molar-refractivity contribution in [3.8, 4) is 0 Å². The van der Waals surface area contributed by atoms with Crippen LogP contribution in [-0.2, 0) is 0 Å². The van der Waals surface area contributed by atoms with Crippen molar-refractivity contribution in [2.24, 2.45) is 0 Å². The van der Waals surface area contributed by atoms with E-state index < -0.39 is 10.2 Å². The molecule has 0 atom stereocenters. The molecular formula is C6H4O3S2. The van der Waals surface area contributed by atoms with E-state index >= 15 is 0 Å². The largest absolute Gasteiger partial charge is 0.448 e. The summed E-state index contributed by atoms with van der Waals surface area (Å²) >= 11 is 7.00. The molecule has 0 bridgehead atoms. The lowest BCUT2D eigenvalue weighted by Crippen LogP contribution is -1.85. The Morgan fingerprint density at radius 3 is 1.64 bits per heavy atom. The molecule has 1 heterocycles. The molecule has 0 aliphatic heterocycles. The van der Waals surface area contributed by atoms with E-state index in [1.165, 1.54) is 12.1 Å². The molecule has 0 aromatic carbocycles. The van der Waals surface area contributed by atoms with E-state index in [2.05, 4.69) is 25.3 Å². The minimum atomic E-state index is -0.508.